The minimum Gasteiger partial charge on any atom is -0.463 e. The first-order chi connectivity index (χ1) is 15.9. The highest BCUT2D eigenvalue weighted by molar-refractivity contribution is 9.10. The van der Waals surface area contributed by atoms with Crippen molar-refractivity contribution in [3.8, 4) is 22.8 Å². The highest BCUT2D eigenvalue weighted by Crippen LogP contribution is 2.34. The Hall–Kier alpha value is -3.98. The highest BCUT2D eigenvalue weighted by Gasteiger charge is 2.18. The van der Waals surface area contributed by atoms with Crippen LogP contribution in [0.2, 0.25) is 0 Å². The fourth-order valence-corrected chi connectivity index (χ4v) is 4.04. The first kappa shape index (κ1) is 20.9. The van der Waals surface area contributed by atoms with Crippen LogP contribution in [-0.2, 0) is 0 Å². The van der Waals surface area contributed by atoms with Crippen molar-refractivity contribution in [1.29, 1.82) is 0 Å². The Labute approximate surface area is 196 Å². The Kier molecular flexibility index (Phi) is 5.18. The maximum absolute atomic E-state index is 11.4. The molecule has 33 heavy (non-hydrogen) atoms. The van der Waals surface area contributed by atoms with Crippen LogP contribution in [0.3, 0.4) is 0 Å². The number of aromatic nitrogens is 2. The molecule has 0 bridgehead atoms. The SMILES string of the molecule is Cc1cc(C)c([N+](=O)[O-])cc1-c1ccc(C=Nc2c(-c3ccco3)nc3ccc(Br)cn23)o1. The third-order valence-corrected chi connectivity index (χ3v) is 5.73. The van der Waals surface area contributed by atoms with Crippen LogP contribution in [0.5, 0.6) is 0 Å². The number of imidazole rings is 1. The molecule has 5 aromatic rings. The highest BCUT2D eigenvalue weighted by atomic mass is 79.9. The van der Waals surface area contributed by atoms with Crippen molar-refractivity contribution in [3.63, 3.8) is 0 Å². The molecule has 0 aliphatic rings. The number of aryl methyl sites for hydroxylation is 2. The Bertz CT molecular complexity index is 1530. The molecular formula is C24H17BrN4O4. The lowest BCUT2D eigenvalue weighted by Gasteiger charge is -2.05. The molecule has 8 nitrogen and oxygen atoms in total. The number of nitro benzene ring substituents is 1. The van der Waals surface area contributed by atoms with Crippen molar-refractivity contribution < 1.29 is 13.8 Å². The molecule has 0 aliphatic carbocycles. The fraction of sp³-hybridized carbons (Fsp3) is 0.0833. The molecule has 1 aromatic carbocycles. The van der Waals surface area contributed by atoms with Gasteiger partial charge in [0.2, 0.25) is 0 Å². The zero-order valence-electron chi connectivity index (χ0n) is 17.7. The molecule has 0 radical (unpaired) electrons. The van der Waals surface area contributed by atoms with Crippen LogP contribution in [0.25, 0.3) is 28.4 Å². The van der Waals surface area contributed by atoms with Crippen LogP contribution < -0.4 is 0 Å². The van der Waals surface area contributed by atoms with Gasteiger partial charge in [-0.25, -0.2) is 9.98 Å². The minimum atomic E-state index is -0.386. The number of nitrogens with zero attached hydrogens (tertiary/aromatic N) is 4. The Morgan fingerprint density at radius 3 is 2.73 bits per heavy atom. The number of benzene rings is 1. The van der Waals surface area contributed by atoms with Gasteiger partial charge in [-0.3, -0.25) is 14.5 Å². The van der Waals surface area contributed by atoms with E-state index in [0.717, 1.165) is 15.7 Å². The molecule has 4 aromatic heterocycles. The molecule has 0 unspecified atom stereocenters. The molecule has 0 saturated heterocycles. The first-order valence-electron chi connectivity index (χ1n) is 10.0. The van der Waals surface area contributed by atoms with Crippen molar-refractivity contribution in [3.05, 3.63) is 92.5 Å². The van der Waals surface area contributed by atoms with E-state index in [0.29, 0.717) is 39.9 Å². The van der Waals surface area contributed by atoms with Crippen LogP contribution in [0, 0.1) is 24.0 Å². The van der Waals surface area contributed by atoms with Crippen LogP contribution >= 0.6 is 15.9 Å². The van der Waals surface area contributed by atoms with Gasteiger partial charge in [-0.2, -0.15) is 0 Å². The topological polar surface area (TPSA) is 99.1 Å². The molecule has 0 saturated carbocycles. The van der Waals surface area contributed by atoms with E-state index in [-0.39, 0.29) is 10.6 Å². The number of halogens is 1. The number of hydrogen-bond acceptors (Lipinski definition) is 6. The number of rotatable bonds is 5. The van der Waals surface area contributed by atoms with Gasteiger partial charge in [0, 0.05) is 27.9 Å². The lowest BCUT2D eigenvalue weighted by molar-refractivity contribution is -0.385. The monoisotopic (exact) mass is 504 g/mol. The third-order valence-electron chi connectivity index (χ3n) is 5.26. The van der Waals surface area contributed by atoms with Crippen LogP contribution in [0.1, 0.15) is 16.9 Å². The Balaban J connectivity index is 1.55. The maximum Gasteiger partial charge on any atom is 0.273 e. The van der Waals surface area contributed by atoms with Gasteiger partial charge in [0.05, 0.1) is 17.4 Å². The summed E-state index contributed by atoms with van der Waals surface area (Å²) in [5.41, 5.74) is 3.55. The van der Waals surface area contributed by atoms with Crippen LogP contribution in [0.15, 0.2) is 79.3 Å². The largest absolute Gasteiger partial charge is 0.463 e. The summed E-state index contributed by atoms with van der Waals surface area (Å²) in [7, 11) is 0. The van der Waals surface area contributed by atoms with Crippen molar-refractivity contribution in [1.82, 2.24) is 9.38 Å². The predicted octanol–water partition coefficient (Wildman–Crippen LogP) is 6.89. The second-order valence-corrected chi connectivity index (χ2v) is 8.42. The summed E-state index contributed by atoms with van der Waals surface area (Å²) < 4.78 is 14.2. The molecule has 0 atom stereocenters. The van der Waals surface area contributed by atoms with E-state index in [4.69, 9.17) is 8.83 Å². The number of hydrogen-bond donors (Lipinski definition) is 0. The molecule has 0 aliphatic heterocycles. The zero-order chi connectivity index (χ0) is 23.1. The van der Waals surface area contributed by atoms with E-state index in [1.54, 1.807) is 49.7 Å². The van der Waals surface area contributed by atoms with E-state index in [1.807, 2.05) is 35.7 Å². The zero-order valence-corrected chi connectivity index (χ0v) is 19.2. The normalized spacial score (nSPS) is 11.6. The number of furan rings is 2. The second-order valence-electron chi connectivity index (χ2n) is 7.51. The van der Waals surface area contributed by atoms with E-state index >= 15 is 0 Å². The molecule has 0 spiro atoms. The summed E-state index contributed by atoms with van der Waals surface area (Å²) >= 11 is 3.49. The lowest BCUT2D eigenvalue weighted by atomic mass is 10.0. The van der Waals surface area contributed by atoms with Gasteiger partial charge in [-0.1, -0.05) is 0 Å². The fourth-order valence-electron chi connectivity index (χ4n) is 3.70. The number of aliphatic imine (C=N–C) groups is 1. The van der Waals surface area contributed by atoms with E-state index in [9.17, 15) is 10.1 Å². The summed E-state index contributed by atoms with van der Waals surface area (Å²) in [6, 6.07) is 14.3. The quantitative estimate of drug-likeness (QED) is 0.147. The molecular weight excluding hydrogens is 488 g/mol. The van der Waals surface area contributed by atoms with Gasteiger partial charge < -0.3 is 8.83 Å². The number of nitro groups is 1. The number of fused-ring (bicyclic) bond motifs is 1. The van der Waals surface area contributed by atoms with E-state index in [1.165, 1.54) is 0 Å². The van der Waals surface area contributed by atoms with Gasteiger partial charge in [-0.05, 0) is 77.8 Å². The molecule has 9 heteroatoms. The smallest absolute Gasteiger partial charge is 0.273 e. The van der Waals surface area contributed by atoms with Gasteiger partial charge in [0.15, 0.2) is 17.3 Å². The standard InChI is InChI=1S/C24H17BrN4O4/c1-14-10-15(2)19(29(30)31)11-18(14)20-7-6-17(33-20)12-26-24-23(21-4-3-9-32-21)27-22-8-5-16(25)13-28(22)24/h3-13H,1-2H3. The minimum absolute atomic E-state index is 0.0570. The van der Waals surface area contributed by atoms with Gasteiger partial charge in [-0.15, -0.1) is 0 Å². The molecule has 4 heterocycles. The van der Waals surface area contributed by atoms with Crippen molar-refractivity contribution in [2.24, 2.45) is 4.99 Å². The Morgan fingerprint density at radius 2 is 1.97 bits per heavy atom. The molecule has 5 rings (SSSR count). The molecule has 164 valence electrons. The third kappa shape index (κ3) is 3.87. The molecule has 0 amide bonds. The second kappa shape index (κ2) is 8.18. The van der Waals surface area contributed by atoms with Crippen molar-refractivity contribution in [2.45, 2.75) is 13.8 Å². The maximum atomic E-state index is 11.4. The first-order valence-corrected chi connectivity index (χ1v) is 10.8. The Morgan fingerprint density at radius 1 is 1.12 bits per heavy atom. The van der Waals surface area contributed by atoms with E-state index in [2.05, 4.69) is 25.9 Å². The van der Waals surface area contributed by atoms with Crippen molar-refractivity contribution >= 4 is 39.3 Å². The van der Waals surface area contributed by atoms with Crippen molar-refractivity contribution in [2.75, 3.05) is 0 Å². The number of pyridine rings is 1. The average molecular weight is 505 g/mol. The van der Waals surface area contributed by atoms with Gasteiger partial charge in [0.25, 0.3) is 5.69 Å². The predicted molar refractivity (Wildman–Crippen MR) is 128 cm³/mol. The summed E-state index contributed by atoms with van der Waals surface area (Å²) in [5.74, 6) is 2.22. The average Bonchev–Trinajstić information content (AvgIpc) is 3.52. The van der Waals surface area contributed by atoms with Gasteiger partial charge >= 0.3 is 0 Å². The summed E-state index contributed by atoms with van der Waals surface area (Å²) in [6.45, 7) is 3.62. The summed E-state index contributed by atoms with van der Waals surface area (Å²) in [6.07, 6.45) is 5.06. The summed E-state index contributed by atoms with van der Waals surface area (Å²) in [4.78, 5) is 20.3. The molecule has 0 fully saturated rings. The van der Waals surface area contributed by atoms with Crippen LogP contribution in [0.4, 0.5) is 11.5 Å². The molecule has 0 N–H and O–H groups in total. The summed E-state index contributed by atoms with van der Waals surface area (Å²) in [5, 5.41) is 11.4. The van der Waals surface area contributed by atoms with Crippen LogP contribution in [-0.4, -0.2) is 20.5 Å². The van der Waals surface area contributed by atoms with E-state index < -0.39 is 0 Å². The lowest BCUT2D eigenvalue weighted by Crippen LogP contribution is -1.94. The van der Waals surface area contributed by atoms with Gasteiger partial charge in [0.1, 0.15) is 17.2 Å².